The molecule has 0 radical (unpaired) electrons. The molecule has 1 N–H and O–H groups in total. The summed E-state index contributed by atoms with van der Waals surface area (Å²) in [6, 6.07) is 2.36. The second-order valence-electron chi connectivity index (χ2n) is 21.6. The molecule has 0 spiro atoms. The molecule has 0 heterocycles. The van der Waals surface area contributed by atoms with Gasteiger partial charge < -0.3 is 8.69 Å². The Morgan fingerprint density at radius 2 is 0.525 bits per heavy atom. The lowest BCUT2D eigenvalue weighted by atomic mass is 9.12. The molecular formula is C61H84AlBF15NO. The lowest BCUT2D eigenvalue weighted by Gasteiger charge is -2.44. The maximum absolute atomic E-state index is 15.6. The van der Waals surface area contributed by atoms with Crippen LogP contribution in [0.2, 0.25) is 10.6 Å². The highest BCUT2D eigenvalue weighted by molar-refractivity contribution is 7.20. The van der Waals surface area contributed by atoms with Gasteiger partial charge >= 0.3 is 14.5 Å². The number of hydrogen-bond donors (Lipinski definition) is 1. The van der Waals surface area contributed by atoms with E-state index >= 15 is 26.3 Å². The Morgan fingerprint density at radius 1 is 0.312 bits per heavy atom. The lowest BCUT2D eigenvalue weighted by Crippen LogP contribution is -3.09. The molecule has 450 valence electrons. The Morgan fingerprint density at radius 3 is 0.750 bits per heavy atom. The molecule has 0 atom stereocenters. The predicted molar refractivity (Wildman–Crippen MR) is 294 cm³/mol. The third-order valence-electron chi connectivity index (χ3n) is 15.5. The van der Waals surface area contributed by atoms with Crippen LogP contribution in [0.3, 0.4) is 0 Å². The molecule has 0 aliphatic carbocycles. The molecule has 19 heteroatoms. The number of rotatable bonds is 38. The van der Waals surface area contributed by atoms with Crippen LogP contribution < -0.4 is 30.5 Å². The first-order valence-electron chi connectivity index (χ1n) is 29.6. The van der Waals surface area contributed by atoms with Crippen molar-refractivity contribution in [2.45, 2.75) is 218 Å². The molecule has 2 nitrogen and oxygen atoms in total. The summed E-state index contributed by atoms with van der Waals surface area (Å²) in [6.45, 7) is 10.9. The number of benzene rings is 4. The van der Waals surface area contributed by atoms with Gasteiger partial charge in [-0.15, -0.1) is 16.4 Å². The van der Waals surface area contributed by atoms with E-state index in [0.29, 0.717) is 22.7 Å². The van der Waals surface area contributed by atoms with Gasteiger partial charge in [-0.25, -0.2) is 65.9 Å². The predicted octanol–water partition coefficient (Wildman–Crippen LogP) is 17.0. The van der Waals surface area contributed by atoms with Crippen LogP contribution in [0, 0.1) is 87.3 Å². The third kappa shape index (κ3) is 19.7. The van der Waals surface area contributed by atoms with Crippen molar-refractivity contribution in [2.75, 3.05) is 20.1 Å². The van der Waals surface area contributed by atoms with Gasteiger partial charge in [0.15, 0.2) is 52.4 Å². The summed E-state index contributed by atoms with van der Waals surface area (Å²) in [5.74, 6) is -45.8. The van der Waals surface area contributed by atoms with Crippen LogP contribution in [-0.4, -0.2) is 40.8 Å². The highest BCUT2D eigenvalue weighted by Gasteiger charge is 2.49. The van der Waals surface area contributed by atoms with E-state index in [2.05, 4.69) is 20.9 Å². The van der Waals surface area contributed by atoms with Crippen molar-refractivity contribution in [1.82, 2.24) is 0 Å². The van der Waals surface area contributed by atoms with E-state index in [0.717, 1.165) is 12.1 Å². The number of hydrogen-bond acceptors (Lipinski definition) is 1. The quantitative estimate of drug-likeness (QED) is 0.0155. The van der Waals surface area contributed by atoms with Crippen molar-refractivity contribution in [2.24, 2.45) is 0 Å². The first-order valence-corrected chi connectivity index (χ1v) is 31.7. The van der Waals surface area contributed by atoms with E-state index in [1.54, 1.807) is 18.7 Å². The molecule has 4 rings (SSSR count). The van der Waals surface area contributed by atoms with Gasteiger partial charge in [-0.3, -0.25) is 0 Å². The molecule has 0 saturated carbocycles. The van der Waals surface area contributed by atoms with E-state index in [9.17, 15) is 39.5 Å². The molecule has 0 bridgehead atoms. The van der Waals surface area contributed by atoms with Crippen LogP contribution in [0.1, 0.15) is 207 Å². The molecule has 0 aliphatic rings. The minimum absolute atomic E-state index is 0.166. The van der Waals surface area contributed by atoms with Gasteiger partial charge in [0.2, 0.25) is 0 Å². The van der Waals surface area contributed by atoms with Crippen LogP contribution >= 0.6 is 0 Å². The molecule has 0 unspecified atom stereocenters. The molecule has 4 aromatic carbocycles. The van der Waals surface area contributed by atoms with Crippen LogP contribution in [0.5, 0.6) is 5.75 Å². The fourth-order valence-electron chi connectivity index (χ4n) is 10.8. The van der Waals surface area contributed by atoms with Gasteiger partial charge in [-0.05, 0) is 37.8 Å². The monoisotopic (exact) mass is 1170 g/mol. The van der Waals surface area contributed by atoms with Crippen molar-refractivity contribution in [3.8, 4) is 5.75 Å². The van der Waals surface area contributed by atoms with Gasteiger partial charge in [-0.2, -0.15) is 5.46 Å². The third-order valence-corrected chi connectivity index (χ3v) is 18.0. The normalized spacial score (nSPS) is 11.7. The lowest BCUT2D eigenvalue weighted by molar-refractivity contribution is -0.880. The fraction of sp³-hybridized carbons (Fsp3) is 0.607. The van der Waals surface area contributed by atoms with Crippen molar-refractivity contribution < 1.29 is 74.5 Å². The summed E-state index contributed by atoms with van der Waals surface area (Å²) in [7, 11) is 2.42. The fourth-order valence-corrected chi connectivity index (χ4v) is 12.2. The average molecular weight is 1170 g/mol. The summed E-state index contributed by atoms with van der Waals surface area (Å²) in [6.07, 6.45) is 35.2. The Labute approximate surface area is 470 Å². The Bertz CT molecular complexity index is 2170. The van der Waals surface area contributed by atoms with Gasteiger partial charge in [0.25, 0.3) is 0 Å². The number of quaternary nitrogens is 1. The second-order valence-corrected chi connectivity index (χ2v) is 24.7. The molecule has 80 heavy (non-hydrogen) atoms. The Hall–Kier alpha value is -3.81. The standard InChI is InChI=1S/C33H69N.C24H5BF15O.2C2H5.Al/c1-4-6-8-10-12-14-16-18-20-22-24-26-28-30-32-34(3)33-31-29-27-25-23-21-19-17-15-13-11-9-7-5-2;26-10-7(11(27)17(33)22(38)16(10)32)25(5-1-3-6(41)4-2-5,8-12(28)18(34)23(39)19(35)13(8)29)9-14(30)20(36)24(40)21(37)15(9)31;2*1-2;/h4-33H2,1-3H3;1-4,41H;2*1H2,2H3;/q;-1;;;+1. The Balaban J connectivity index is 0.000000443. The zero-order chi connectivity index (χ0) is 59.4. The molecule has 4 aromatic rings. The average Bonchev–Trinajstić information content (AvgIpc) is 3.64. The number of unbranched alkanes of at least 4 members (excludes halogenated alkanes) is 26. The summed E-state index contributed by atoms with van der Waals surface area (Å²) >= 11 is -2.04. The Kier molecular flexibility index (Phi) is 32.9. The minimum Gasteiger partial charge on any atom is -0.643 e. The summed E-state index contributed by atoms with van der Waals surface area (Å²) in [5.41, 5.74) is -9.49. The molecule has 0 saturated heterocycles. The van der Waals surface area contributed by atoms with Crippen molar-refractivity contribution in [1.29, 1.82) is 0 Å². The van der Waals surface area contributed by atoms with Gasteiger partial charge in [-0.1, -0.05) is 204 Å². The van der Waals surface area contributed by atoms with Crippen molar-refractivity contribution in [3.63, 3.8) is 0 Å². The maximum Gasteiger partial charge on any atom is 0.546 e. The minimum atomic E-state index is -5.81. The number of nitrogens with one attached hydrogen (secondary N) is 1. The van der Waals surface area contributed by atoms with Crippen LogP contribution in [0.4, 0.5) is 65.9 Å². The van der Waals surface area contributed by atoms with Crippen LogP contribution in [-0.2, 0) is 0 Å². The first kappa shape index (κ1) is 70.5. The van der Waals surface area contributed by atoms with E-state index in [1.165, 1.54) is 193 Å². The summed E-state index contributed by atoms with van der Waals surface area (Å²) in [5, 5.41) is 0.984. The zero-order valence-corrected chi connectivity index (χ0v) is 48.8. The molecule has 0 amide bonds. The summed E-state index contributed by atoms with van der Waals surface area (Å²) < 4.78 is 230. The van der Waals surface area contributed by atoms with Crippen LogP contribution in [0.25, 0.3) is 0 Å². The molecule has 0 fully saturated rings. The highest BCUT2D eigenvalue weighted by Crippen LogP contribution is 2.29. The van der Waals surface area contributed by atoms with Gasteiger partial charge in [0.05, 0.1) is 25.9 Å². The zero-order valence-electron chi connectivity index (χ0n) is 47.7. The maximum atomic E-state index is 15.6. The van der Waals surface area contributed by atoms with E-state index in [1.807, 2.05) is 0 Å². The van der Waals surface area contributed by atoms with Crippen molar-refractivity contribution in [3.05, 3.63) is 112 Å². The molecular weight excluding hydrogens is 1090 g/mol. The highest BCUT2D eigenvalue weighted by atomic mass is 27.2. The number of halogens is 15. The second kappa shape index (κ2) is 37.4. The van der Waals surface area contributed by atoms with E-state index in [-0.39, 0.29) is 5.75 Å². The first-order chi connectivity index (χ1) is 38.3. The molecule has 0 aliphatic heterocycles. The topological polar surface area (TPSA) is 13.7 Å². The SMILES string of the molecule is CCCCCCCCCCCCCCCC[NH+](C)CCCCCCCCCCCCCCCC.C[CH2][Al]([CH2]C)[O]c1ccc([B-](c2c(F)c(F)c(F)c(F)c2F)(c2c(F)c(F)c(F)c(F)c2F)c2c(F)c(F)c(F)c(F)c2F)cc1. The van der Waals surface area contributed by atoms with Gasteiger partial charge in [0.1, 0.15) is 41.0 Å². The van der Waals surface area contributed by atoms with E-state index < -0.39 is 130 Å². The van der Waals surface area contributed by atoms with Crippen molar-refractivity contribution >= 4 is 42.5 Å². The van der Waals surface area contributed by atoms with E-state index in [4.69, 9.17) is 3.79 Å². The smallest absolute Gasteiger partial charge is 0.546 e. The molecule has 0 aromatic heterocycles. The van der Waals surface area contributed by atoms with Crippen LogP contribution in [0.15, 0.2) is 24.3 Å². The largest absolute Gasteiger partial charge is 0.643 e. The van der Waals surface area contributed by atoms with Gasteiger partial charge in [0, 0.05) is 0 Å². The summed E-state index contributed by atoms with van der Waals surface area (Å²) in [4.78, 5) is 1.78.